The number of hydrogen-bond acceptors (Lipinski definition) is 4. The first-order valence-electron chi connectivity index (χ1n) is 7.88. The smallest absolute Gasteiger partial charge is 0.329 e. The van der Waals surface area contributed by atoms with Crippen molar-refractivity contribution in [1.29, 1.82) is 0 Å². The van der Waals surface area contributed by atoms with Crippen molar-refractivity contribution in [2.45, 2.75) is 0 Å². The van der Waals surface area contributed by atoms with Crippen LogP contribution in [0.5, 0.6) is 0 Å². The van der Waals surface area contributed by atoms with Crippen LogP contribution in [-0.4, -0.2) is 53.1 Å². The lowest BCUT2D eigenvalue weighted by Gasteiger charge is -2.14. The van der Waals surface area contributed by atoms with Gasteiger partial charge < -0.3 is 19.9 Å². The largest absolute Gasteiger partial charge is 0.480 e. The molecule has 26 heavy (non-hydrogen) atoms. The fourth-order valence-corrected chi connectivity index (χ4v) is 2.66. The Hall–Kier alpha value is -3.55. The number of carbonyl (C=O) groups excluding carboxylic acids is 2. The highest BCUT2D eigenvalue weighted by atomic mass is 16.4. The topological polar surface area (TPSA) is 94.9 Å². The van der Waals surface area contributed by atoms with Crippen molar-refractivity contribution in [3.63, 3.8) is 0 Å². The Labute approximate surface area is 149 Å². The van der Waals surface area contributed by atoms with E-state index in [1.807, 2.05) is 60.1 Å². The average Bonchev–Trinajstić information content (AvgIpc) is 3.15. The molecule has 0 radical (unpaired) electrons. The standard InChI is InChI=1S/C18H18N4O4/c1-20(2)12-5-7-13(8-6-12)21-9-3-4-14(21)10-15-17(25)22(11-16(23)24)18(26)19-15/h3-10H,11H2,1-2H3,(H,19,26)(H,23,24)/b15-10+. The van der Waals surface area contributed by atoms with Crippen LogP contribution < -0.4 is 10.2 Å². The van der Waals surface area contributed by atoms with Gasteiger partial charge in [0, 0.05) is 37.4 Å². The lowest BCUT2D eigenvalue weighted by atomic mass is 10.2. The van der Waals surface area contributed by atoms with Crippen molar-refractivity contribution in [1.82, 2.24) is 14.8 Å². The van der Waals surface area contributed by atoms with Crippen LogP contribution in [0.4, 0.5) is 10.5 Å². The molecule has 3 amide bonds. The molecular weight excluding hydrogens is 336 g/mol. The van der Waals surface area contributed by atoms with E-state index >= 15 is 0 Å². The Morgan fingerprint density at radius 1 is 1.19 bits per heavy atom. The molecule has 1 aliphatic rings. The van der Waals surface area contributed by atoms with Gasteiger partial charge in [-0.15, -0.1) is 0 Å². The van der Waals surface area contributed by atoms with Crippen LogP contribution in [0.25, 0.3) is 11.8 Å². The number of rotatable bonds is 5. The molecule has 0 spiro atoms. The first kappa shape index (κ1) is 17.3. The first-order valence-corrected chi connectivity index (χ1v) is 7.88. The lowest BCUT2D eigenvalue weighted by Crippen LogP contribution is -2.35. The second kappa shape index (κ2) is 6.75. The monoisotopic (exact) mass is 354 g/mol. The number of benzene rings is 1. The third kappa shape index (κ3) is 3.30. The summed E-state index contributed by atoms with van der Waals surface area (Å²) in [6.45, 7) is -0.672. The summed E-state index contributed by atoms with van der Waals surface area (Å²) in [4.78, 5) is 37.5. The van der Waals surface area contributed by atoms with Crippen LogP contribution in [0, 0.1) is 0 Å². The summed E-state index contributed by atoms with van der Waals surface area (Å²) < 4.78 is 1.87. The molecule has 3 rings (SSSR count). The first-order chi connectivity index (χ1) is 12.4. The Kier molecular flexibility index (Phi) is 4.49. The van der Waals surface area contributed by atoms with Gasteiger partial charge in [-0.3, -0.25) is 9.59 Å². The summed E-state index contributed by atoms with van der Waals surface area (Å²) >= 11 is 0. The number of nitrogens with one attached hydrogen (secondary N) is 1. The highest BCUT2D eigenvalue weighted by molar-refractivity contribution is 6.15. The highest BCUT2D eigenvalue weighted by Gasteiger charge is 2.35. The molecule has 8 nitrogen and oxygen atoms in total. The molecule has 1 aromatic carbocycles. The third-order valence-corrected chi connectivity index (χ3v) is 3.97. The summed E-state index contributed by atoms with van der Waals surface area (Å²) in [7, 11) is 3.91. The number of amides is 3. The van der Waals surface area contributed by atoms with Gasteiger partial charge in [0.15, 0.2) is 0 Å². The third-order valence-electron chi connectivity index (χ3n) is 3.97. The van der Waals surface area contributed by atoms with Gasteiger partial charge in [-0.25, -0.2) is 9.69 Å². The number of imide groups is 1. The van der Waals surface area contributed by atoms with Crippen molar-refractivity contribution in [2.75, 3.05) is 25.5 Å². The van der Waals surface area contributed by atoms with E-state index in [9.17, 15) is 14.4 Å². The number of carboxylic acid groups (broad SMARTS) is 1. The number of carbonyl (C=O) groups is 3. The number of urea groups is 1. The van der Waals surface area contributed by atoms with Gasteiger partial charge in [-0.05, 0) is 42.5 Å². The predicted molar refractivity (Wildman–Crippen MR) is 96.0 cm³/mol. The van der Waals surface area contributed by atoms with Crippen LogP contribution in [0.2, 0.25) is 0 Å². The second-order valence-corrected chi connectivity index (χ2v) is 5.99. The summed E-state index contributed by atoms with van der Waals surface area (Å²) in [6.07, 6.45) is 3.37. The molecule has 2 aromatic rings. The Bertz CT molecular complexity index is 896. The molecule has 0 saturated carbocycles. The summed E-state index contributed by atoms with van der Waals surface area (Å²) in [5.74, 6) is -1.91. The minimum absolute atomic E-state index is 0.0427. The lowest BCUT2D eigenvalue weighted by molar-refractivity contribution is -0.140. The molecule has 1 aliphatic heterocycles. The number of hydrogen-bond donors (Lipinski definition) is 2. The minimum atomic E-state index is -1.25. The second-order valence-electron chi connectivity index (χ2n) is 5.99. The van der Waals surface area contributed by atoms with E-state index in [0.29, 0.717) is 10.6 Å². The normalized spacial score (nSPS) is 15.5. The van der Waals surface area contributed by atoms with Crippen molar-refractivity contribution in [3.8, 4) is 5.69 Å². The number of nitrogens with zero attached hydrogens (tertiary/aromatic N) is 3. The van der Waals surface area contributed by atoms with E-state index < -0.39 is 24.5 Å². The van der Waals surface area contributed by atoms with E-state index in [1.165, 1.54) is 6.08 Å². The zero-order valence-electron chi connectivity index (χ0n) is 14.3. The zero-order valence-corrected chi connectivity index (χ0v) is 14.3. The quantitative estimate of drug-likeness (QED) is 0.627. The van der Waals surface area contributed by atoms with Gasteiger partial charge in [0.2, 0.25) is 0 Å². The number of aromatic nitrogens is 1. The molecule has 1 saturated heterocycles. The molecule has 0 unspecified atom stereocenters. The maximum Gasteiger partial charge on any atom is 0.329 e. The van der Waals surface area contributed by atoms with E-state index in [0.717, 1.165) is 11.4 Å². The summed E-state index contributed by atoms with van der Waals surface area (Å²) in [6, 6.07) is 10.7. The fraction of sp³-hybridized carbons (Fsp3) is 0.167. The van der Waals surface area contributed by atoms with E-state index in [1.54, 1.807) is 6.07 Å². The zero-order chi connectivity index (χ0) is 18.8. The Morgan fingerprint density at radius 3 is 2.50 bits per heavy atom. The van der Waals surface area contributed by atoms with Crippen molar-refractivity contribution >= 4 is 29.7 Å². The van der Waals surface area contributed by atoms with Crippen LogP contribution in [0.3, 0.4) is 0 Å². The van der Waals surface area contributed by atoms with E-state index in [2.05, 4.69) is 5.32 Å². The SMILES string of the molecule is CN(C)c1ccc(-n2cccc2/C=C2/NC(=O)N(CC(=O)O)C2=O)cc1. The van der Waals surface area contributed by atoms with Crippen molar-refractivity contribution in [2.24, 2.45) is 0 Å². The fourth-order valence-electron chi connectivity index (χ4n) is 2.66. The molecular formula is C18H18N4O4. The molecule has 1 fully saturated rings. The highest BCUT2D eigenvalue weighted by Crippen LogP contribution is 2.20. The predicted octanol–water partition coefficient (Wildman–Crippen LogP) is 1.52. The van der Waals surface area contributed by atoms with E-state index in [-0.39, 0.29) is 5.70 Å². The Balaban J connectivity index is 1.89. The van der Waals surface area contributed by atoms with Gasteiger partial charge >= 0.3 is 12.0 Å². The van der Waals surface area contributed by atoms with Crippen LogP contribution >= 0.6 is 0 Å². The van der Waals surface area contributed by atoms with E-state index in [4.69, 9.17) is 5.11 Å². The summed E-state index contributed by atoms with van der Waals surface area (Å²) in [5.41, 5.74) is 2.68. The number of carboxylic acids is 1. The van der Waals surface area contributed by atoms with Crippen molar-refractivity contribution < 1.29 is 19.5 Å². The molecule has 8 heteroatoms. The molecule has 2 heterocycles. The van der Waals surface area contributed by atoms with Gasteiger partial charge in [-0.1, -0.05) is 0 Å². The maximum atomic E-state index is 12.2. The van der Waals surface area contributed by atoms with Crippen molar-refractivity contribution in [3.05, 3.63) is 54.0 Å². The van der Waals surface area contributed by atoms with Gasteiger partial charge in [-0.2, -0.15) is 0 Å². The van der Waals surface area contributed by atoms with Crippen LogP contribution in [0.15, 0.2) is 48.3 Å². The molecule has 0 atom stereocenters. The minimum Gasteiger partial charge on any atom is -0.480 e. The Morgan fingerprint density at radius 2 is 1.88 bits per heavy atom. The molecule has 0 aliphatic carbocycles. The van der Waals surface area contributed by atoms with Gasteiger partial charge in [0.1, 0.15) is 12.2 Å². The molecule has 0 bridgehead atoms. The van der Waals surface area contributed by atoms with Crippen LogP contribution in [0.1, 0.15) is 5.69 Å². The maximum absolute atomic E-state index is 12.2. The molecule has 134 valence electrons. The number of aliphatic carboxylic acids is 1. The average molecular weight is 354 g/mol. The summed E-state index contributed by atoms with van der Waals surface area (Å²) in [5, 5.41) is 11.2. The van der Waals surface area contributed by atoms with Crippen LogP contribution in [-0.2, 0) is 9.59 Å². The van der Waals surface area contributed by atoms with Gasteiger partial charge in [0.25, 0.3) is 5.91 Å². The number of anilines is 1. The molecule has 2 N–H and O–H groups in total. The van der Waals surface area contributed by atoms with Gasteiger partial charge in [0.05, 0.1) is 0 Å². The molecule has 1 aromatic heterocycles.